The van der Waals surface area contributed by atoms with Crippen LogP contribution in [-0.2, 0) is 16.0 Å². The Labute approximate surface area is 121 Å². The van der Waals surface area contributed by atoms with Crippen molar-refractivity contribution in [2.75, 3.05) is 11.9 Å². The number of benzene rings is 1. The molecule has 110 valence electrons. The fraction of sp³-hybridized carbons (Fsp3) is 0.500. The molecule has 4 nitrogen and oxygen atoms in total. The second kappa shape index (κ2) is 6.66. The number of likely N-dealkylation sites (N-methyl/N-ethyl adjacent to an activating group) is 1. The third kappa shape index (κ3) is 2.90. The van der Waals surface area contributed by atoms with Crippen LogP contribution in [0.2, 0.25) is 0 Å². The van der Waals surface area contributed by atoms with Crippen molar-refractivity contribution in [3.8, 4) is 0 Å². The molecule has 0 aliphatic carbocycles. The summed E-state index contributed by atoms with van der Waals surface area (Å²) in [5, 5.41) is 3.05. The van der Waals surface area contributed by atoms with E-state index >= 15 is 0 Å². The summed E-state index contributed by atoms with van der Waals surface area (Å²) in [6.07, 6.45) is 1.60. The first-order valence-electron chi connectivity index (χ1n) is 6.65. The quantitative estimate of drug-likeness (QED) is 0.920. The fourth-order valence-corrected chi connectivity index (χ4v) is 2.52. The molecular formula is C16H24N2O2. The van der Waals surface area contributed by atoms with Gasteiger partial charge in [-0.3, -0.25) is 9.59 Å². The van der Waals surface area contributed by atoms with Crippen LogP contribution in [0.25, 0.3) is 0 Å². The van der Waals surface area contributed by atoms with Gasteiger partial charge in [-0.15, -0.1) is 0 Å². The van der Waals surface area contributed by atoms with E-state index in [1.165, 1.54) is 6.92 Å². The zero-order valence-electron chi connectivity index (χ0n) is 11.6. The van der Waals surface area contributed by atoms with Crippen LogP contribution in [0.15, 0.2) is 24.3 Å². The van der Waals surface area contributed by atoms with E-state index in [1.54, 1.807) is 18.9 Å². The number of amides is 1. The largest absolute Gasteiger partial charge is 0.309 e. The van der Waals surface area contributed by atoms with Crippen molar-refractivity contribution in [1.29, 1.82) is 0 Å². The molecule has 1 N–H and O–H groups in total. The van der Waals surface area contributed by atoms with Gasteiger partial charge in [-0.25, -0.2) is 0 Å². The molecule has 0 bridgehead atoms. The molecule has 1 aromatic carbocycles. The van der Waals surface area contributed by atoms with Gasteiger partial charge in [0.05, 0.1) is 12.1 Å². The SMILES string of the molecule is C.CNC1CCc2ccccc2N(C(C)C(C)=O)C1=O. The Kier molecular flexibility index (Phi) is 5.45. The van der Waals surface area contributed by atoms with Gasteiger partial charge in [0.2, 0.25) is 5.91 Å². The molecule has 0 spiro atoms. The number of rotatable bonds is 3. The number of hydrogen-bond donors (Lipinski definition) is 1. The zero-order valence-corrected chi connectivity index (χ0v) is 11.6. The first kappa shape index (κ1) is 16.4. The topological polar surface area (TPSA) is 49.4 Å². The maximum Gasteiger partial charge on any atom is 0.244 e. The summed E-state index contributed by atoms with van der Waals surface area (Å²) in [4.78, 5) is 25.9. The minimum atomic E-state index is -0.428. The van der Waals surface area contributed by atoms with Crippen LogP contribution < -0.4 is 10.2 Å². The van der Waals surface area contributed by atoms with E-state index in [2.05, 4.69) is 5.32 Å². The summed E-state index contributed by atoms with van der Waals surface area (Å²) in [6.45, 7) is 3.31. The Bertz CT molecular complexity index is 499. The van der Waals surface area contributed by atoms with Crippen LogP contribution in [0.5, 0.6) is 0 Å². The maximum absolute atomic E-state index is 12.6. The van der Waals surface area contributed by atoms with E-state index in [1.807, 2.05) is 24.3 Å². The van der Waals surface area contributed by atoms with Gasteiger partial charge in [0.25, 0.3) is 0 Å². The number of anilines is 1. The monoisotopic (exact) mass is 276 g/mol. The van der Waals surface area contributed by atoms with Gasteiger partial charge >= 0.3 is 0 Å². The first-order valence-corrected chi connectivity index (χ1v) is 6.65. The maximum atomic E-state index is 12.6. The van der Waals surface area contributed by atoms with Crippen molar-refractivity contribution in [2.24, 2.45) is 0 Å². The smallest absolute Gasteiger partial charge is 0.244 e. The highest BCUT2D eigenvalue weighted by atomic mass is 16.2. The number of ketones is 1. The third-order valence-corrected chi connectivity index (χ3v) is 3.81. The lowest BCUT2D eigenvalue weighted by atomic mass is 10.1. The molecule has 4 heteroatoms. The molecular weight excluding hydrogens is 252 g/mol. The lowest BCUT2D eigenvalue weighted by Gasteiger charge is -2.30. The number of nitrogens with one attached hydrogen (secondary N) is 1. The molecule has 2 atom stereocenters. The molecule has 2 unspecified atom stereocenters. The minimum Gasteiger partial charge on any atom is -0.309 e. The second-order valence-electron chi connectivity index (χ2n) is 5.00. The predicted molar refractivity (Wildman–Crippen MR) is 82.0 cm³/mol. The van der Waals surface area contributed by atoms with Gasteiger partial charge in [0.1, 0.15) is 0 Å². The number of Topliss-reactive ketones (excluding diaryl/α,β-unsaturated/α-hetero) is 1. The molecule has 1 aliphatic rings. The molecule has 1 aliphatic heterocycles. The number of fused-ring (bicyclic) bond motifs is 1. The third-order valence-electron chi connectivity index (χ3n) is 3.81. The van der Waals surface area contributed by atoms with Crippen molar-refractivity contribution in [3.05, 3.63) is 29.8 Å². The Morgan fingerprint density at radius 1 is 1.40 bits per heavy atom. The van der Waals surface area contributed by atoms with E-state index in [4.69, 9.17) is 0 Å². The Balaban J connectivity index is 0.00000200. The molecule has 0 saturated heterocycles. The van der Waals surface area contributed by atoms with Gasteiger partial charge in [0.15, 0.2) is 5.78 Å². The van der Waals surface area contributed by atoms with Crippen LogP contribution in [-0.4, -0.2) is 30.8 Å². The van der Waals surface area contributed by atoms with Crippen LogP contribution in [0.4, 0.5) is 5.69 Å². The van der Waals surface area contributed by atoms with Crippen molar-refractivity contribution in [3.63, 3.8) is 0 Å². The van der Waals surface area contributed by atoms with E-state index in [0.29, 0.717) is 0 Å². The number of carbonyl (C=O) groups excluding carboxylic acids is 2. The molecule has 1 aromatic rings. The lowest BCUT2D eigenvalue weighted by molar-refractivity contribution is -0.124. The van der Waals surface area contributed by atoms with Crippen molar-refractivity contribution < 1.29 is 9.59 Å². The van der Waals surface area contributed by atoms with Gasteiger partial charge in [0, 0.05) is 5.69 Å². The number of hydrogen-bond acceptors (Lipinski definition) is 3. The summed E-state index contributed by atoms with van der Waals surface area (Å²) < 4.78 is 0. The number of nitrogens with zero attached hydrogens (tertiary/aromatic N) is 1. The number of aryl methyl sites for hydroxylation is 1. The molecule has 0 saturated carbocycles. The van der Waals surface area contributed by atoms with Crippen molar-refractivity contribution >= 4 is 17.4 Å². The van der Waals surface area contributed by atoms with Gasteiger partial charge in [-0.05, 0) is 45.4 Å². The summed E-state index contributed by atoms with van der Waals surface area (Å²) in [7, 11) is 1.79. The van der Waals surface area contributed by atoms with Crippen LogP contribution in [0.3, 0.4) is 0 Å². The number of para-hydroxylation sites is 1. The van der Waals surface area contributed by atoms with Crippen LogP contribution >= 0.6 is 0 Å². The van der Waals surface area contributed by atoms with Crippen LogP contribution in [0, 0.1) is 0 Å². The van der Waals surface area contributed by atoms with Crippen LogP contribution in [0.1, 0.15) is 33.3 Å². The Morgan fingerprint density at radius 3 is 2.65 bits per heavy atom. The average molecular weight is 276 g/mol. The van der Waals surface area contributed by atoms with Crippen molar-refractivity contribution in [2.45, 2.75) is 46.2 Å². The van der Waals surface area contributed by atoms with E-state index in [0.717, 1.165) is 24.1 Å². The zero-order chi connectivity index (χ0) is 14.0. The second-order valence-corrected chi connectivity index (χ2v) is 5.00. The molecule has 0 radical (unpaired) electrons. The van der Waals surface area contributed by atoms with Gasteiger partial charge in [-0.2, -0.15) is 0 Å². The van der Waals surface area contributed by atoms with Crippen molar-refractivity contribution in [1.82, 2.24) is 5.32 Å². The molecule has 20 heavy (non-hydrogen) atoms. The highest BCUT2D eigenvalue weighted by molar-refractivity contribution is 6.04. The van der Waals surface area contributed by atoms with E-state index in [9.17, 15) is 9.59 Å². The van der Waals surface area contributed by atoms with E-state index < -0.39 is 6.04 Å². The minimum absolute atomic E-state index is 0. The molecule has 2 rings (SSSR count). The van der Waals surface area contributed by atoms with E-state index in [-0.39, 0.29) is 25.2 Å². The summed E-state index contributed by atoms with van der Waals surface area (Å²) in [5.74, 6) is -0.0185. The normalized spacial score (nSPS) is 19.6. The highest BCUT2D eigenvalue weighted by Crippen LogP contribution is 2.28. The molecule has 0 fully saturated rings. The summed E-state index contributed by atoms with van der Waals surface area (Å²) in [6, 6.07) is 7.17. The van der Waals surface area contributed by atoms with Gasteiger partial charge in [-0.1, -0.05) is 25.6 Å². The molecule has 0 aromatic heterocycles. The van der Waals surface area contributed by atoms with Gasteiger partial charge < -0.3 is 10.2 Å². The standard InChI is InChI=1S/C15H20N2O2.CH4/c1-10(11(2)18)17-14-7-5-4-6-12(14)8-9-13(16-3)15(17)19;/h4-7,10,13,16H,8-9H2,1-3H3;1H4. The predicted octanol–water partition coefficient (Wildman–Crippen LogP) is 2.17. The summed E-state index contributed by atoms with van der Waals surface area (Å²) >= 11 is 0. The lowest BCUT2D eigenvalue weighted by Crippen LogP contribution is -2.50. The Morgan fingerprint density at radius 2 is 2.05 bits per heavy atom. The number of carbonyl (C=O) groups is 2. The Hall–Kier alpha value is -1.68. The fourth-order valence-electron chi connectivity index (χ4n) is 2.52. The molecule has 1 amide bonds. The molecule has 1 heterocycles. The average Bonchev–Trinajstić information content (AvgIpc) is 2.54. The summed E-state index contributed by atoms with van der Waals surface area (Å²) in [5.41, 5.74) is 2.00. The highest BCUT2D eigenvalue weighted by Gasteiger charge is 2.33. The first-order chi connectivity index (χ1) is 9.06.